The van der Waals surface area contributed by atoms with Gasteiger partial charge >= 0.3 is 0 Å². The summed E-state index contributed by atoms with van der Waals surface area (Å²) in [4.78, 5) is 7.82. The lowest BCUT2D eigenvalue weighted by atomic mass is 10.4. The first-order valence-corrected chi connectivity index (χ1v) is 7.78. The summed E-state index contributed by atoms with van der Waals surface area (Å²) < 4.78 is 5.05. The van der Waals surface area contributed by atoms with Crippen LogP contribution < -0.4 is 10.6 Å². The second kappa shape index (κ2) is 13.3. The fourth-order valence-corrected chi connectivity index (χ4v) is 2.40. The summed E-state index contributed by atoms with van der Waals surface area (Å²) in [6.45, 7) is 4.57. The summed E-state index contributed by atoms with van der Waals surface area (Å²) in [7, 11) is 5.66. The number of rotatable bonds is 9. The number of hydrogen-bond acceptors (Lipinski definition) is 4. The fourth-order valence-electron chi connectivity index (χ4n) is 1.76. The molecule has 0 amide bonds. The molecule has 0 aliphatic heterocycles. The molecule has 0 unspecified atom stereocenters. The number of thiophene rings is 1. The van der Waals surface area contributed by atoms with Crippen molar-refractivity contribution in [2.75, 3.05) is 47.4 Å². The molecule has 0 aliphatic rings. The van der Waals surface area contributed by atoms with Crippen LogP contribution in [0.15, 0.2) is 22.5 Å². The highest BCUT2D eigenvalue weighted by atomic mass is 127. The first-order valence-electron chi connectivity index (χ1n) is 6.90. The van der Waals surface area contributed by atoms with E-state index in [1.54, 1.807) is 25.5 Å². The lowest BCUT2D eigenvalue weighted by molar-refractivity contribution is 0.180. The Morgan fingerprint density at radius 2 is 2.19 bits per heavy atom. The number of aliphatic imine (C=N–C) groups is 1. The van der Waals surface area contributed by atoms with Crippen LogP contribution in [0.2, 0.25) is 0 Å². The first-order chi connectivity index (χ1) is 9.76. The van der Waals surface area contributed by atoms with Crippen LogP contribution in [0.5, 0.6) is 0 Å². The predicted molar refractivity (Wildman–Crippen MR) is 102 cm³/mol. The molecule has 0 spiro atoms. The summed E-state index contributed by atoms with van der Waals surface area (Å²) in [5.74, 6) is 0.851. The van der Waals surface area contributed by atoms with Crippen molar-refractivity contribution in [3.05, 3.63) is 22.4 Å². The van der Waals surface area contributed by atoms with Gasteiger partial charge in [0.2, 0.25) is 0 Å². The monoisotopic (exact) mass is 426 g/mol. The zero-order valence-corrected chi connectivity index (χ0v) is 16.2. The molecule has 0 atom stereocenters. The van der Waals surface area contributed by atoms with Gasteiger partial charge in [-0.05, 0) is 24.9 Å². The van der Waals surface area contributed by atoms with Gasteiger partial charge in [0, 0.05) is 45.3 Å². The minimum absolute atomic E-state index is 0. The van der Waals surface area contributed by atoms with Gasteiger partial charge < -0.3 is 20.3 Å². The molecule has 0 saturated carbocycles. The summed E-state index contributed by atoms with van der Waals surface area (Å²) in [5.41, 5.74) is 0. The van der Waals surface area contributed by atoms with Crippen molar-refractivity contribution in [2.45, 2.75) is 13.0 Å². The van der Waals surface area contributed by atoms with Gasteiger partial charge in [0.25, 0.3) is 0 Å². The van der Waals surface area contributed by atoms with Crippen molar-refractivity contribution in [2.24, 2.45) is 4.99 Å². The highest BCUT2D eigenvalue weighted by Crippen LogP contribution is 2.06. The van der Waals surface area contributed by atoms with Crippen LogP contribution >= 0.6 is 35.3 Å². The zero-order valence-electron chi connectivity index (χ0n) is 13.1. The van der Waals surface area contributed by atoms with E-state index in [2.05, 4.69) is 45.1 Å². The predicted octanol–water partition coefficient (Wildman–Crippen LogP) is 2.00. The van der Waals surface area contributed by atoms with E-state index in [4.69, 9.17) is 4.74 Å². The SMILES string of the molecule is CN=C(NCCN(C)CCCOC)NCc1cccs1.I. The zero-order chi connectivity index (χ0) is 14.6. The summed E-state index contributed by atoms with van der Waals surface area (Å²) in [6.07, 6.45) is 1.07. The Hall–Kier alpha value is -0.380. The third-order valence-electron chi connectivity index (χ3n) is 2.91. The molecule has 122 valence electrons. The summed E-state index contributed by atoms with van der Waals surface area (Å²) >= 11 is 1.75. The molecule has 1 aromatic heterocycles. The number of nitrogens with one attached hydrogen (secondary N) is 2. The van der Waals surface area contributed by atoms with Crippen LogP contribution in [0.3, 0.4) is 0 Å². The lowest BCUT2D eigenvalue weighted by Gasteiger charge is -2.18. The Bertz CT molecular complexity index is 373. The molecule has 0 radical (unpaired) electrons. The molecule has 2 N–H and O–H groups in total. The van der Waals surface area contributed by atoms with Crippen LogP contribution in [0.1, 0.15) is 11.3 Å². The first kappa shape index (κ1) is 20.6. The van der Waals surface area contributed by atoms with Crippen LogP contribution in [-0.4, -0.2) is 58.3 Å². The quantitative estimate of drug-likeness (QED) is 0.275. The van der Waals surface area contributed by atoms with Crippen LogP contribution in [0, 0.1) is 0 Å². The van der Waals surface area contributed by atoms with Gasteiger partial charge in [0.05, 0.1) is 6.54 Å². The largest absolute Gasteiger partial charge is 0.385 e. The number of hydrogen-bond donors (Lipinski definition) is 2. The molecular weight excluding hydrogens is 399 g/mol. The van der Waals surface area contributed by atoms with Crippen LogP contribution in [0.4, 0.5) is 0 Å². The number of methoxy groups -OCH3 is 1. The van der Waals surface area contributed by atoms with Gasteiger partial charge in [-0.3, -0.25) is 4.99 Å². The molecule has 0 aromatic carbocycles. The molecule has 0 fully saturated rings. The van der Waals surface area contributed by atoms with E-state index in [1.165, 1.54) is 4.88 Å². The molecule has 5 nitrogen and oxygen atoms in total. The third kappa shape index (κ3) is 10.0. The molecule has 7 heteroatoms. The maximum absolute atomic E-state index is 5.05. The normalized spacial score (nSPS) is 11.3. The number of likely N-dealkylation sites (N-methyl/N-ethyl adjacent to an activating group) is 1. The Morgan fingerprint density at radius 1 is 1.38 bits per heavy atom. The van der Waals surface area contributed by atoms with Crippen molar-refractivity contribution in [3.63, 3.8) is 0 Å². The van der Waals surface area contributed by atoms with E-state index < -0.39 is 0 Å². The summed E-state index contributed by atoms with van der Waals surface area (Å²) in [5, 5.41) is 8.72. The minimum Gasteiger partial charge on any atom is -0.385 e. The lowest BCUT2D eigenvalue weighted by Crippen LogP contribution is -2.40. The fraction of sp³-hybridized carbons (Fsp3) is 0.643. The Morgan fingerprint density at radius 3 is 2.81 bits per heavy atom. The van der Waals surface area contributed by atoms with Gasteiger partial charge in [-0.15, -0.1) is 35.3 Å². The Labute approximate surface area is 149 Å². The number of nitrogens with zero attached hydrogens (tertiary/aromatic N) is 2. The van der Waals surface area contributed by atoms with E-state index in [0.717, 1.165) is 45.2 Å². The molecule has 21 heavy (non-hydrogen) atoms. The van der Waals surface area contributed by atoms with Crippen molar-refractivity contribution in [1.82, 2.24) is 15.5 Å². The standard InChI is InChI=1S/C14H26N4OS.HI/c1-15-14(17-12-13-6-4-11-20-13)16-7-9-18(2)8-5-10-19-3;/h4,6,11H,5,7-10,12H2,1-3H3,(H2,15,16,17);1H. The molecule has 0 bridgehead atoms. The number of guanidine groups is 1. The maximum atomic E-state index is 5.05. The van der Waals surface area contributed by atoms with E-state index >= 15 is 0 Å². The average Bonchev–Trinajstić information content (AvgIpc) is 2.96. The van der Waals surface area contributed by atoms with Crippen molar-refractivity contribution in [1.29, 1.82) is 0 Å². The van der Waals surface area contributed by atoms with E-state index in [-0.39, 0.29) is 24.0 Å². The minimum atomic E-state index is 0. The maximum Gasteiger partial charge on any atom is 0.191 e. The molecule has 1 aromatic rings. The van der Waals surface area contributed by atoms with Gasteiger partial charge in [0.1, 0.15) is 0 Å². The van der Waals surface area contributed by atoms with E-state index in [9.17, 15) is 0 Å². The Kier molecular flexibility index (Phi) is 13.1. The van der Waals surface area contributed by atoms with E-state index in [1.807, 2.05) is 0 Å². The Balaban J connectivity index is 0.00000400. The molecule has 0 aliphatic carbocycles. The average molecular weight is 426 g/mol. The van der Waals surface area contributed by atoms with Gasteiger partial charge in [-0.1, -0.05) is 6.07 Å². The van der Waals surface area contributed by atoms with Crippen molar-refractivity contribution >= 4 is 41.3 Å². The number of halogens is 1. The van der Waals surface area contributed by atoms with Crippen molar-refractivity contribution in [3.8, 4) is 0 Å². The molecule has 0 saturated heterocycles. The third-order valence-corrected chi connectivity index (χ3v) is 3.78. The molecule has 1 rings (SSSR count). The highest BCUT2D eigenvalue weighted by Gasteiger charge is 2.01. The van der Waals surface area contributed by atoms with Crippen molar-refractivity contribution < 1.29 is 4.74 Å². The summed E-state index contributed by atoms with van der Waals surface area (Å²) in [6, 6.07) is 4.18. The topological polar surface area (TPSA) is 48.9 Å². The number of ether oxygens (including phenoxy) is 1. The smallest absolute Gasteiger partial charge is 0.191 e. The van der Waals surface area contributed by atoms with Crippen LogP contribution in [-0.2, 0) is 11.3 Å². The van der Waals surface area contributed by atoms with E-state index in [0.29, 0.717) is 0 Å². The van der Waals surface area contributed by atoms with Gasteiger partial charge in [-0.2, -0.15) is 0 Å². The van der Waals surface area contributed by atoms with Crippen LogP contribution in [0.25, 0.3) is 0 Å². The second-order valence-corrected chi connectivity index (χ2v) is 5.61. The van der Waals surface area contributed by atoms with Gasteiger partial charge in [-0.25, -0.2) is 0 Å². The molecule has 1 heterocycles. The second-order valence-electron chi connectivity index (χ2n) is 4.58. The highest BCUT2D eigenvalue weighted by molar-refractivity contribution is 14.0. The van der Waals surface area contributed by atoms with Gasteiger partial charge in [0.15, 0.2) is 5.96 Å². The molecular formula is C14H27IN4OS.